The summed E-state index contributed by atoms with van der Waals surface area (Å²) in [6, 6.07) is 11.0. The third kappa shape index (κ3) is 3.46. The summed E-state index contributed by atoms with van der Waals surface area (Å²) in [6.45, 7) is 1.91. The lowest BCUT2D eigenvalue weighted by Crippen LogP contribution is -2.38. The Hall–Kier alpha value is -2.67. The molecule has 1 atom stereocenters. The van der Waals surface area contributed by atoms with Gasteiger partial charge in [0, 0.05) is 7.05 Å². The Bertz CT molecular complexity index is 904. The number of fused-ring (bicyclic) bond motifs is 1. The number of aromatic amines is 1. The summed E-state index contributed by atoms with van der Waals surface area (Å²) >= 11 is 1.35. The fourth-order valence-electron chi connectivity index (χ4n) is 2.36. The van der Waals surface area contributed by atoms with E-state index in [9.17, 15) is 9.59 Å². The van der Waals surface area contributed by atoms with Gasteiger partial charge in [-0.25, -0.2) is 4.98 Å². The Morgan fingerprint density at radius 3 is 2.83 bits per heavy atom. The second-order valence-corrected chi connectivity index (χ2v) is 6.33. The molecule has 24 heavy (non-hydrogen) atoms. The van der Waals surface area contributed by atoms with Crippen molar-refractivity contribution in [2.24, 2.45) is 0 Å². The molecule has 0 bridgehead atoms. The van der Waals surface area contributed by atoms with E-state index < -0.39 is 6.10 Å². The molecular formula is C17H17N3O3S. The van der Waals surface area contributed by atoms with E-state index in [1.807, 2.05) is 23.6 Å². The number of hydrogen-bond acceptors (Lipinski definition) is 5. The van der Waals surface area contributed by atoms with Crippen LogP contribution in [0.5, 0.6) is 5.75 Å². The lowest BCUT2D eigenvalue weighted by molar-refractivity contribution is -0.137. The molecule has 1 N–H and O–H groups in total. The van der Waals surface area contributed by atoms with Crippen molar-refractivity contribution in [1.82, 2.24) is 14.9 Å². The van der Waals surface area contributed by atoms with E-state index >= 15 is 0 Å². The number of rotatable bonds is 5. The Balaban J connectivity index is 1.69. The van der Waals surface area contributed by atoms with Gasteiger partial charge in [0.2, 0.25) is 0 Å². The van der Waals surface area contributed by atoms with E-state index in [-0.39, 0.29) is 18.0 Å². The highest BCUT2D eigenvalue weighted by Crippen LogP contribution is 2.15. The number of likely N-dealkylation sites (N-methyl/N-ethyl adjacent to an activating group) is 1. The fourth-order valence-corrected chi connectivity index (χ4v) is 3.09. The van der Waals surface area contributed by atoms with Crippen LogP contribution in [-0.2, 0) is 11.3 Å². The number of ether oxygens (including phenoxy) is 1. The molecule has 0 aliphatic heterocycles. The van der Waals surface area contributed by atoms with Crippen LogP contribution in [0.1, 0.15) is 12.7 Å². The molecule has 0 spiro atoms. The van der Waals surface area contributed by atoms with Gasteiger partial charge in [0.25, 0.3) is 11.5 Å². The number of hydrogen-bond donors (Lipinski definition) is 1. The summed E-state index contributed by atoms with van der Waals surface area (Å²) < 4.78 is 6.23. The molecule has 7 heteroatoms. The van der Waals surface area contributed by atoms with Crippen LogP contribution in [-0.4, -0.2) is 33.9 Å². The topological polar surface area (TPSA) is 75.3 Å². The number of benzene rings is 1. The average molecular weight is 343 g/mol. The number of carbonyl (C=O) groups is 1. The van der Waals surface area contributed by atoms with E-state index in [4.69, 9.17) is 4.74 Å². The lowest BCUT2D eigenvalue weighted by Gasteiger charge is -2.21. The van der Waals surface area contributed by atoms with Crippen molar-refractivity contribution in [2.45, 2.75) is 19.6 Å². The number of H-pyrrole nitrogens is 1. The van der Waals surface area contributed by atoms with Gasteiger partial charge in [-0.15, -0.1) is 11.3 Å². The first kappa shape index (κ1) is 16.2. The average Bonchev–Trinajstić information content (AvgIpc) is 3.04. The lowest BCUT2D eigenvalue weighted by atomic mass is 10.3. The fraction of sp³-hybridized carbons (Fsp3) is 0.235. The number of aromatic nitrogens is 2. The van der Waals surface area contributed by atoms with Crippen molar-refractivity contribution < 1.29 is 9.53 Å². The minimum atomic E-state index is -0.631. The highest BCUT2D eigenvalue weighted by molar-refractivity contribution is 7.17. The van der Waals surface area contributed by atoms with Crippen molar-refractivity contribution in [2.75, 3.05) is 7.05 Å². The molecule has 2 heterocycles. The van der Waals surface area contributed by atoms with Gasteiger partial charge in [-0.05, 0) is 30.5 Å². The summed E-state index contributed by atoms with van der Waals surface area (Å²) in [5.41, 5.74) is 0.465. The summed E-state index contributed by atoms with van der Waals surface area (Å²) in [4.78, 5) is 33.0. The Morgan fingerprint density at radius 1 is 1.33 bits per heavy atom. The molecule has 3 aromatic rings. The first-order valence-corrected chi connectivity index (χ1v) is 8.35. The Morgan fingerprint density at radius 2 is 2.08 bits per heavy atom. The predicted octanol–water partition coefficient (Wildman–Crippen LogP) is 2.41. The second-order valence-electron chi connectivity index (χ2n) is 5.42. The van der Waals surface area contributed by atoms with Crippen molar-refractivity contribution in [1.29, 1.82) is 0 Å². The maximum atomic E-state index is 12.4. The van der Waals surface area contributed by atoms with Crippen molar-refractivity contribution in [3.8, 4) is 5.75 Å². The van der Waals surface area contributed by atoms with Crippen LogP contribution in [0, 0.1) is 0 Å². The molecule has 0 aliphatic rings. The van der Waals surface area contributed by atoms with Gasteiger partial charge in [-0.2, -0.15) is 0 Å². The zero-order valence-corrected chi connectivity index (χ0v) is 14.2. The monoisotopic (exact) mass is 343 g/mol. The van der Waals surface area contributed by atoms with E-state index in [2.05, 4.69) is 9.97 Å². The number of para-hydroxylation sites is 1. The molecule has 2 aromatic heterocycles. The summed E-state index contributed by atoms with van der Waals surface area (Å²) in [5, 5.41) is 1.82. The summed E-state index contributed by atoms with van der Waals surface area (Å²) in [7, 11) is 1.66. The third-order valence-corrected chi connectivity index (χ3v) is 4.43. The second kappa shape index (κ2) is 6.84. The molecule has 0 unspecified atom stereocenters. The van der Waals surface area contributed by atoms with Crippen LogP contribution in [0.15, 0.2) is 46.6 Å². The normalized spacial score (nSPS) is 12.1. The standard InChI is InChI=1S/C17H17N3O3S/c1-11(23-12-6-4-3-5-7-12)17(22)20(2)10-14-18-13-8-9-24-15(13)16(21)19-14/h3-9,11H,10H2,1-2H3,(H,18,19,21)/t11-/m0/s1. The van der Waals surface area contributed by atoms with Gasteiger partial charge in [0.05, 0.1) is 12.1 Å². The van der Waals surface area contributed by atoms with E-state index in [1.54, 1.807) is 32.2 Å². The Labute approximate surface area is 142 Å². The molecule has 1 aromatic carbocycles. The van der Waals surface area contributed by atoms with Gasteiger partial charge in [-0.1, -0.05) is 18.2 Å². The van der Waals surface area contributed by atoms with Crippen LogP contribution in [0.4, 0.5) is 0 Å². The largest absolute Gasteiger partial charge is 0.481 e. The number of thiophene rings is 1. The Kier molecular flexibility index (Phi) is 4.61. The van der Waals surface area contributed by atoms with Gasteiger partial charge >= 0.3 is 0 Å². The molecule has 0 saturated heterocycles. The zero-order valence-electron chi connectivity index (χ0n) is 13.4. The molecule has 124 valence electrons. The van der Waals surface area contributed by atoms with Gasteiger partial charge in [0.1, 0.15) is 16.3 Å². The van der Waals surface area contributed by atoms with Crippen molar-refractivity contribution in [3.63, 3.8) is 0 Å². The van der Waals surface area contributed by atoms with Crippen LogP contribution in [0.25, 0.3) is 10.2 Å². The van der Waals surface area contributed by atoms with Crippen LogP contribution >= 0.6 is 11.3 Å². The summed E-state index contributed by atoms with van der Waals surface area (Å²) in [5.74, 6) is 0.901. The maximum absolute atomic E-state index is 12.4. The van der Waals surface area contributed by atoms with Crippen molar-refractivity contribution in [3.05, 3.63) is 58.0 Å². The molecule has 1 amide bonds. The number of amides is 1. The molecular weight excluding hydrogens is 326 g/mol. The van der Waals surface area contributed by atoms with E-state index in [1.165, 1.54) is 16.2 Å². The quantitative estimate of drug-likeness (QED) is 0.772. The molecule has 0 saturated carbocycles. The number of nitrogens with zero attached hydrogens (tertiary/aromatic N) is 2. The van der Waals surface area contributed by atoms with E-state index in [0.29, 0.717) is 21.8 Å². The summed E-state index contributed by atoms with van der Waals surface area (Å²) in [6.07, 6.45) is -0.631. The van der Waals surface area contributed by atoms with Crippen molar-refractivity contribution >= 4 is 27.5 Å². The zero-order chi connectivity index (χ0) is 17.1. The molecule has 0 radical (unpaired) electrons. The SMILES string of the molecule is C[C@H](Oc1ccccc1)C(=O)N(C)Cc1nc2ccsc2c(=O)[nH]1. The first-order valence-electron chi connectivity index (χ1n) is 7.47. The highest BCUT2D eigenvalue weighted by Gasteiger charge is 2.20. The molecule has 0 fully saturated rings. The molecule has 3 rings (SSSR count). The van der Waals surface area contributed by atoms with Gasteiger partial charge in [0.15, 0.2) is 6.10 Å². The van der Waals surface area contributed by atoms with E-state index in [0.717, 1.165) is 0 Å². The smallest absolute Gasteiger partial charge is 0.268 e. The maximum Gasteiger partial charge on any atom is 0.268 e. The van der Waals surface area contributed by atoms with Gasteiger partial charge in [-0.3, -0.25) is 9.59 Å². The van der Waals surface area contributed by atoms with Crippen LogP contribution in [0.2, 0.25) is 0 Å². The molecule has 0 aliphatic carbocycles. The van der Waals surface area contributed by atoms with Gasteiger partial charge < -0.3 is 14.6 Å². The van der Waals surface area contributed by atoms with Crippen LogP contribution < -0.4 is 10.3 Å². The van der Waals surface area contributed by atoms with Crippen LogP contribution in [0.3, 0.4) is 0 Å². The minimum Gasteiger partial charge on any atom is -0.481 e. The minimum absolute atomic E-state index is 0.181. The molecule has 6 nitrogen and oxygen atoms in total. The third-order valence-electron chi connectivity index (χ3n) is 3.53. The number of carbonyl (C=O) groups excluding carboxylic acids is 1. The first-order chi connectivity index (χ1) is 11.5. The number of nitrogens with one attached hydrogen (secondary N) is 1. The predicted molar refractivity (Wildman–Crippen MR) is 93.2 cm³/mol. The highest BCUT2D eigenvalue weighted by atomic mass is 32.1.